The molecule has 1 aromatic rings. The predicted molar refractivity (Wildman–Crippen MR) is 54.2 cm³/mol. The van der Waals surface area contributed by atoms with Crippen LogP contribution in [0.1, 0.15) is 23.2 Å². The molecule has 0 N–H and O–H groups in total. The van der Waals surface area contributed by atoms with E-state index in [1.54, 1.807) is 6.07 Å². The third kappa shape index (κ3) is 2.28. The zero-order chi connectivity index (χ0) is 10.7. The van der Waals surface area contributed by atoms with Crippen molar-refractivity contribution < 1.29 is 8.78 Å². The minimum absolute atomic E-state index is 0.0855. The Bertz CT molecular complexity index is 388. The Morgan fingerprint density at radius 3 is 2.64 bits per heavy atom. The first-order valence-electron chi connectivity index (χ1n) is 3.53. The molecule has 0 aliphatic rings. The first-order valence-corrected chi connectivity index (χ1v) is 5.45. The molecular formula is C8H4Br2F2N2. The van der Waals surface area contributed by atoms with Crippen LogP contribution in [0.15, 0.2) is 10.7 Å². The maximum Gasteiger partial charge on any atom is 0.281 e. The largest absolute Gasteiger partial charge is 0.281 e. The Morgan fingerprint density at radius 2 is 2.21 bits per heavy atom. The smallest absolute Gasteiger partial charge is 0.238 e. The van der Waals surface area contributed by atoms with Crippen molar-refractivity contribution in [3.8, 4) is 6.07 Å². The first-order chi connectivity index (χ1) is 6.60. The maximum atomic E-state index is 12.4. The highest BCUT2D eigenvalue weighted by molar-refractivity contribution is 9.10. The highest BCUT2D eigenvalue weighted by Crippen LogP contribution is 2.26. The zero-order valence-corrected chi connectivity index (χ0v) is 9.94. The molecule has 74 valence electrons. The van der Waals surface area contributed by atoms with Crippen LogP contribution in [0.5, 0.6) is 0 Å². The van der Waals surface area contributed by atoms with Crippen molar-refractivity contribution in [2.24, 2.45) is 0 Å². The average Bonchev–Trinajstić information content (AvgIpc) is 2.17. The summed E-state index contributed by atoms with van der Waals surface area (Å²) in [6.07, 6.45) is -2.73. The van der Waals surface area contributed by atoms with Gasteiger partial charge in [0.15, 0.2) is 0 Å². The van der Waals surface area contributed by atoms with Gasteiger partial charge in [-0.1, -0.05) is 15.9 Å². The maximum absolute atomic E-state index is 12.4. The van der Waals surface area contributed by atoms with E-state index >= 15 is 0 Å². The van der Waals surface area contributed by atoms with Crippen LogP contribution in [0.2, 0.25) is 0 Å². The molecular weight excluding hydrogens is 322 g/mol. The van der Waals surface area contributed by atoms with E-state index in [4.69, 9.17) is 5.26 Å². The van der Waals surface area contributed by atoms with Gasteiger partial charge in [0.25, 0.3) is 6.43 Å². The fourth-order valence-electron chi connectivity index (χ4n) is 0.895. The molecule has 0 aliphatic carbocycles. The first kappa shape index (κ1) is 11.5. The standard InChI is InChI=1S/C8H4Br2F2N2/c9-2-4-1-5(3-13)6(8(11)12)14-7(4)10/h1,8H,2H2. The summed E-state index contributed by atoms with van der Waals surface area (Å²) in [5.74, 6) is 0. The fourth-order valence-corrected chi connectivity index (χ4v) is 2.14. The lowest BCUT2D eigenvalue weighted by molar-refractivity contribution is 0.145. The third-order valence-electron chi connectivity index (χ3n) is 1.55. The second kappa shape index (κ2) is 4.80. The lowest BCUT2D eigenvalue weighted by Crippen LogP contribution is -1.98. The van der Waals surface area contributed by atoms with E-state index in [0.717, 1.165) is 0 Å². The van der Waals surface area contributed by atoms with Crippen LogP contribution in [0.4, 0.5) is 8.78 Å². The van der Waals surface area contributed by atoms with Crippen LogP contribution < -0.4 is 0 Å². The van der Waals surface area contributed by atoms with E-state index in [9.17, 15) is 8.78 Å². The van der Waals surface area contributed by atoms with Gasteiger partial charge in [0.2, 0.25) is 0 Å². The molecule has 1 heterocycles. The monoisotopic (exact) mass is 324 g/mol. The topological polar surface area (TPSA) is 36.7 Å². The Kier molecular flexibility index (Phi) is 3.96. The molecule has 0 aromatic carbocycles. The summed E-state index contributed by atoms with van der Waals surface area (Å²) in [5.41, 5.74) is 0.104. The molecule has 14 heavy (non-hydrogen) atoms. The summed E-state index contributed by atoms with van der Waals surface area (Å²) in [5, 5.41) is 9.08. The molecule has 0 aliphatic heterocycles. The van der Waals surface area contributed by atoms with E-state index in [0.29, 0.717) is 15.5 Å². The van der Waals surface area contributed by atoms with Crippen molar-refractivity contribution in [3.05, 3.63) is 27.5 Å². The SMILES string of the molecule is N#Cc1cc(CBr)c(Br)nc1C(F)F. The number of nitrogens with zero attached hydrogens (tertiary/aromatic N) is 2. The zero-order valence-electron chi connectivity index (χ0n) is 6.77. The molecule has 0 atom stereocenters. The van der Waals surface area contributed by atoms with Gasteiger partial charge >= 0.3 is 0 Å². The summed E-state index contributed by atoms with van der Waals surface area (Å²) >= 11 is 6.22. The second-order valence-electron chi connectivity index (χ2n) is 2.42. The lowest BCUT2D eigenvalue weighted by atomic mass is 10.1. The van der Waals surface area contributed by atoms with Gasteiger partial charge in [-0.2, -0.15) is 5.26 Å². The highest BCUT2D eigenvalue weighted by Gasteiger charge is 2.17. The summed E-state index contributed by atoms with van der Waals surface area (Å²) in [6, 6.07) is 3.09. The summed E-state index contributed by atoms with van der Waals surface area (Å²) < 4.78 is 25.1. The minimum Gasteiger partial charge on any atom is -0.238 e. The highest BCUT2D eigenvalue weighted by atomic mass is 79.9. The van der Waals surface area contributed by atoms with Gasteiger partial charge in [-0.15, -0.1) is 0 Å². The van der Waals surface area contributed by atoms with Crippen LogP contribution >= 0.6 is 31.9 Å². The van der Waals surface area contributed by atoms with Crippen LogP contribution in [0.25, 0.3) is 0 Å². The van der Waals surface area contributed by atoms with Gasteiger partial charge in [-0.05, 0) is 27.6 Å². The second-order valence-corrected chi connectivity index (χ2v) is 3.73. The quantitative estimate of drug-likeness (QED) is 0.616. The van der Waals surface area contributed by atoms with Crippen LogP contribution in [-0.4, -0.2) is 4.98 Å². The normalized spacial score (nSPS) is 10.3. The van der Waals surface area contributed by atoms with E-state index in [1.807, 2.05) is 0 Å². The Labute approximate surface area is 96.2 Å². The van der Waals surface area contributed by atoms with Gasteiger partial charge in [-0.3, -0.25) is 0 Å². The summed E-state index contributed by atoms with van der Waals surface area (Å²) in [4.78, 5) is 3.63. The van der Waals surface area contributed by atoms with Gasteiger partial charge < -0.3 is 0 Å². The van der Waals surface area contributed by atoms with E-state index < -0.39 is 12.1 Å². The number of aromatic nitrogens is 1. The van der Waals surface area contributed by atoms with Crippen LogP contribution in [0, 0.1) is 11.3 Å². The van der Waals surface area contributed by atoms with Gasteiger partial charge in [0, 0.05) is 5.33 Å². The molecule has 0 amide bonds. The van der Waals surface area contributed by atoms with E-state index in [-0.39, 0.29) is 5.56 Å². The number of hydrogen-bond acceptors (Lipinski definition) is 2. The number of pyridine rings is 1. The minimum atomic E-state index is -2.73. The molecule has 0 fully saturated rings. The average molecular weight is 326 g/mol. The number of hydrogen-bond donors (Lipinski definition) is 0. The van der Waals surface area contributed by atoms with Crippen molar-refractivity contribution in [2.45, 2.75) is 11.8 Å². The fraction of sp³-hybridized carbons (Fsp3) is 0.250. The van der Waals surface area contributed by atoms with Crippen molar-refractivity contribution >= 4 is 31.9 Å². The Balaban J connectivity index is 3.33. The molecule has 0 radical (unpaired) electrons. The number of nitriles is 1. The molecule has 0 bridgehead atoms. The number of alkyl halides is 3. The van der Waals surface area contributed by atoms with Crippen LogP contribution in [0.3, 0.4) is 0 Å². The van der Waals surface area contributed by atoms with E-state index in [2.05, 4.69) is 36.8 Å². The molecule has 1 aromatic heterocycles. The van der Waals surface area contributed by atoms with Crippen molar-refractivity contribution in [3.63, 3.8) is 0 Å². The number of halogens is 4. The third-order valence-corrected chi connectivity index (χ3v) is 2.84. The molecule has 0 spiro atoms. The molecule has 2 nitrogen and oxygen atoms in total. The van der Waals surface area contributed by atoms with Crippen molar-refractivity contribution in [1.29, 1.82) is 5.26 Å². The molecule has 1 rings (SSSR count). The summed E-state index contributed by atoms with van der Waals surface area (Å²) in [6.45, 7) is 0. The predicted octanol–water partition coefficient (Wildman–Crippen LogP) is 3.55. The van der Waals surface area contributed by atoms with Crippen LogP contribution in [-0.2, 0) is 5.33 Å². The van der Waals surface area contributed by atoms with Gasteiger partial charge in [0.05, 0.1) is 5.56 Å². The Morgan fingerprint density at radius 1 is 1.57 bits per heavy atom. The van der Waals surface area contributed by atoms with Gasteiger partial charge in [0.1, 0.15) is 16.4 Å². The van der Waals surface area contributed by atoms with E-state index in [1.165, 1.54) is 6.07 Å². The molecule has 6 heteroatoms. The summed E-state index contributed by atoms with van der Waals surface area (Å²) in [7, 11) is 0. The molecule has 0 saturated carbocycles. The van der Waals surface area contributed by atoms with Gasteiger partial charge in [-0.25, -0.2) is 13.8 Å². The van der Waals surface area contributed by atoms with Crippen molar-refractivity contribution in [2.75, 3.05) is 0 Å². The lowest BCUT2D eigenvalue weighted by Gasteiger charge is -2.05. The van der Waals surface area contributed by atoms with Crippen molar-refractivity contribution in [1.82, 2.24) is 4.98 Å². The number of rotatable bonds is 2. The molecule has 0 unspecified atom stereocenters. The molecule has 0 saturated heterocycles. The Hall–Kier alpha value is -0.540.